The number of halogens is 1. The van der Waals surface area contributed by atoms with E-state index in [1.807, 2.05) is 48.9 Å². The van der Waals surface area contributed by atoms with Crippen molar-refractivity contribution in [3.8, 4) is 17.3 Å². The standard InChI is InChI=1S/C22H18N4S.BrH/c1-16-4-2-3-5-20(16)21-14-27-22(25-21)10-19-12-24-15-26(19)13-18-8-6-17(11-23)7-9-18;/h2-9,12,14-15H,10,13H2,1H3;1H. The van der Waals surface area contributed by atoms with Crippen molar-refractivity contribution in [3.63, 3.8) is 0 Å². The fourth-order valence-corrected chi connectivity index (χ4v) is 3.86. The van der Waals surface area contributed by atoms with E-state index in [0.29, 0.717) is 5.56 Å². The van der Waals surface area contributed by atoms with Gasteiger partial charge in [-0.1, -0.05) is 36.4 Å². The summed E-state index contributed by atoms with van der Waals surface area (Å²) in [6, 6.07) is 18.1. The molecular weight excluding hydrogens is 432 g/mol. The Labute approximate surface area is 178 Å². The Morgan fingerprint density at radius 1 is 1.11 bits per heavy atom. The molecule has 0 N–H and O–H groups in total. The van der Waals surface area contributed by atoms with E-state index >= 15 is 0 Å². The first kappa shape index (κ1) is 20.0. The van der Waals surface area contributed by atoms with Gasteiger partial charge in [-0.15, -0.1) is 28.3 Å². The Balaban J connectivity index is 0.00000225. The number of rotatable bonds is 5. The first-order valence-corrected chi connectivity index (χ1v) is 9.59. The summed E-state index contributed by atoms with van der Waals surface area (Å²) in [5.41, 5.74) is 6.41. The van der Waals surface area contributed by atoms with E-state index in [1.54, 1.807) is 11.3 Å². The molecule has 0 aliphatic heterocycles. The number of nitriles is 1. The molecule has 2 aromatic heterocycles. The smallest absolute Gasteiger partial charge is 0.0992 e. The summed E-state index contributed by atoms with van der Waals surface area (Å²) >= 11 is 1.68. The molecule has 2 heterocycles. The lowest BCUT2D eigenvalue weighted by molar-refractivity contribution is 0.752. The molecule has 0 amide bonds. The van der Waals surface area contributed by atoms with Gasteiger partial charge in [0, 0.05) is 35.8 Å². The highest BCUT2D eigenvalue weighted by Crippen LogP contribution is 2.26. The average molecular weight is 451 g/mol. The molecule has 0 saturated heterocycles. The highest BCUT2D eigenvalue weighted by molar-refractivity contribution is 8.93. The molecule has 4 aromatic rings. The van der Waals surface area contributed by atoms with Crippen LogP contribution >= 0.6 is 28.3 Å². The summed E-state index contributed by atoms with van der Waals surface area (Å²) in [6.45, 7) is 2.85. The highest BCUT2D eigenvalue weighted by Gasteiger charge is 2.10. The molecule has 4 rings (SSSR count). The molecule has 6 heteroatoms. The maximum atomic E-state index is 8.92. The van der Waals surface area contributed by atoms with E-state index in [0.717, 1.165) is 34.9 Å². The van der Waals surface area contributed by atoms with Crippen LogP contribution in [0, 0.1) is 18.3 Å². The number of aryl methyl sites for hydroxylation is 1. The van der Waals surface area contributed by atoms with Crippen molar-refractivity contribution in [2.45, 2.75) is 19.9 Å². The molecule has 0 atom stereocenters. The van der Waals surface area contributed by atoms with Gasteiger partial charge in [0.2, 0.25) is 0 Å². The number of hydrogen-bond donors (Lipinski definition) is 0. The van der Waals surface area contributed by atoms with Crippen molar-refractivity contribution < 1.29 is 0 Å². The SMILES string of the molecule is Br.Cc1ccccc1-c1csc(Cc2cncn2Cc2ccc(C#N)cc2)n1. The predicted octanol–water partition coefficient (Wildman–Crippen LogP) is 5.40. The van der Waals surface area contributed by atoms with Crippen molar-refractivity contribution in [2.75, 3.05) is 0 Å². The van der Waals surface area contributed by atoms with E-state index < -0.39 is 0 Å². The van der Waals surface area contributed by atoms with Gasteiger partial charge < -0.3 is 4.57 Å². The summed E-state index contributed by atoms with van der Waals surface area (Å²) < 4.78 is 2.14. The number of nitrogens with zero attached hydrogens (tertiary/aromatic N) is 4. The number of hydrogen-bond acceptors (Lipinski definition) is 4. The maximum Gasteiger partial charge on any atom is 0.0992 e. The number of aromatic nitrogens is 3. The lowest BCUT2D eigenvalue weighted by Gasteiger charge is -2.07. The summed E-state index contributed by atoms with van der Waals surface area (Å²) in [5, 5.41) is 12.1. The Morgan fingerprint density at radius 3 is 2.64 bits per heavy atom. The van der Waals surface area contributed by atoms with E-state index in [4.69, 9.17) is 10.2 Å². The maximum absolute atomic E-state index is 8.92. The van der Waals surface area contributed by atoms with Crippen LogP contribution < -0.4 is 0 Å². The monoisotopic (exact) mass is 450 g/mol. The van der Waals surface area contributed by atoms with Crippen molar-refractivity contribution in [1.29, 1.82) is 5.26 Å². The van der Waals surface area contributed by atoms with Gasteiger partial charge in [-0.05, 0) is 30.2 Å². The third kappa shape index (κ3) is 4.38. The fraction of sp³-hybridized carbons (Fsp3) is 0.136. The van der Waals surface area contributed by atoms with E-state index in [1.165, 1.54) is 11.1 Å². The molecule has 4 nitrogen and oxygen atoms in total. The Morgan fingerprint density at radius 2 is 1.89 bits per heavy atom. The Kier molecular flexibility index (Phi) is 6.40. The molecule has 0 unspecified atom stereocenters. The number of thiazole rings is 1. The van der Waals surface area contributed by atoms with Crippen LogP contribution in [0.1, 0.15) is 27.4 Å². The van der Waals surface area contributed by atoms with Gasteiger partial charge in [0.05, 0.1) is 28.7 Å². The molecule has 0 aliphatic carbocycles. The second-order valence-electron chi connectivity index (χ2n) is 6.44. The van der Waals surface area contributed by atoms with Crippen LogP contribution in [0.15, 0.2) is 66.4 Å². The third-order valence-corrected chi connectivity index (χ3v) is 5.39. The predicted molar refractivity (Wildman–Crippen MR) is 118 cm³/mol. The summed E-state index contributed by atoms with van der Waals surface area (Å²) in [7, 11) is 0. The van der Waals surface area contributed by atoms with Gasteiger partial charge in [0.15, 0.2) is 0 Å². The molecule has 0 fully saturated rings. The van der Waals surface area contributed by atoms with Gasteiger partial charge in [0.25, 0.3) is 0 Å². The zero-order valence-corrected chi connectivity index (χ0v) is 17.9. The molecule has 2 aromatic carbocycles. The van der Waals surface area contributed by atoms with Crippen LogP contribution in [0.3, 0.4) is 0 Å². The summed E-state index contributed by atoms with van der Waals surface area (Å²) in [6.07, 6.45) is 4.51. The quantitative estimate of drug-likeness (QED) is 0.408. The minimum Gasteiger partial charge on any atom is -0.330 e. The van der Waals surface area contributed by atoms with Crippen LogP contribution in [0.4, 0.5) is 0 Å². The second kappa shape index (κ2) is 8.96. The third-order valence-electron chi connectivity index (χ3n) is 4.54. The zero-order valence-electron chi connectivity index (χ0n) is 15.4. The highest BCUT2D eigenvalue weighted by atomic mass is 79.9. The van der Waals surface area contributed by atoms with Crippen molar-refractivity contribution in [2.24, 2.45) is 0 Å². The largest absolute Gasteiger partial charge is 0.330 e. The van der Waals surface area contributed by atoms with Gasteiger partial charge in [-0.25, -0.2) is 9.97 Å². The fourth-order valence-electron chi connectivity index (χ4n) is 3.05. The van der Waals surface area contributed by atoms with Gasteiger partial charge in [0.1, 0.15) is 0 Å². The number of benzene rings is 2. The first-order valence-electron chi connectivity index (χ1n) is 8.71. The minimum absolute atomic E-state index is 0. The Hall–Kier alpha value is -2.75. The van der Waals surface area contributed by atoms with Gasteiger partial charge >= 0.3 is 0 Å². The normalized spacial score (nSPS) is 10.3. The Bertz CT molecular complexity index is 1110. The van der Waals surface area contributed by atoms with E-state index in [2.05, 4.69) is 40.1 Å². The molecule has 0 saturated carbocycles. The summed E-state index contributed by atoms with van der Waals surface area (Å²) in [5.74, 6) is 0. The van der Waals surface area contributed by atoms with Gasteiger partial charge in [-0.2, -0.15) is 5.26 Å². The minimum atomic E-state index is 0. The molecule has 0 spiro atoms. The van der Waals surface area contributed by atoms with Gasteiger partial charge in [-0.3, -0.25) is 0 Å². The first-order chi connectivity index (χ1) is 13.2. The van der Waals surface area contributed by atoms with Crippen LogP contribution in [0.5, 0.6) is 0 Å². The van der Waals surface area contributed by atoms with Crippen LogP contribution in [-0.2, 0) is 13.0 Å². The van der Waals surface area contributed by atoms with Crippen LogP contribution in [-0.4, -0.2) is 14.5 Å². The average Bonchev–Trinajstić information content (AvgIpc) is 3.33. The van der Waals surface area contributed by atoms with E-state index in [9.17, 15) is 0 Å². The molecule has 0 bridgehead atoms. The van der Waals surface area contributed by atoms with Crippen molar-refractivity contribution in [1.82, 2.24) is 14.5 Å². The van der Waals surface area contributed by atoms with Crippen molar-refractivity contribution >= 4 is 28.3 Å². The van der Waals surface area contributed by atoms with Crippen LogP contribution in [0.2, 0.25) is 0 Å². The molecule has 0 aliphatic rings. The topological polar surface area (TPSA) is 54.5 Å². The van der Waals surface area contributed by atoms with E-state index in [-0.39, 0.29) is 17.0 Å². The molecule has 140 valence electrons. The molecule has 0 radical (unpaired) electrons. The molecule has 28 heavy (non-hydrogen) atoms. The van der Waals surface area contributed by atoms with Crippen molar-refractivity contribution in [3.05, 3.63) is 93.8 Å². The lowest BCUT2D eigenvalue weighted by atomic mass is 10.1. The second-order valence-corrected chi connectivity index (χ2v) is 7.38. The lowest BCUT2D eigenvalue weighted by Crippen LogP contribution is -2.04. The zero-order chi connectivity index (χ0) is 18.6. The molecular formula is C22H19BrN4S. The van der Waals surface area contributed by atoms with Crippen LogP contribution in [0.25, 0.3) is 11.3 Å². The number of imidazole rings is 1. The summed E-state index contributed by atoms with van der Waals surface area (Å²) in [4.78, 5) is 9.14.